The Morgan fingerprint density at radius 1 is 0.423 bits per heavy atom. The minimum Gasteiger partial charge on any atom is -0.493 e. The number of Topliss-reactive ketones (excluding diaryl/α,β-unsaturated/α-hetero) is 3. The fourth-order valence-corrected chi connectivity index (χ4v) is 17.5. The van der Waals surface area contributed by atoms with Crippen LogP contribution < -0.4 is 62.9 Å². The molecule has 2 fully saturated rings. The maximum atomic E-state index is 15.2. The molecule has 6 aromatic carbocycles. The molecule has 3 aromatic heterocycles. The second kappa shape index (κ2) is 42.5. The van der Waals surface area contributed by atoms with Gasteiger partial charge in [0.25, 0.3) is 34.4 Å². The van der Waals surface area contributed by atoms with Crippen molar-refractivity contribution in [1.29, 1.82) is 0 Å². The standard InChI is InChI=1S/C33H31F8N3O5.C32H29F8N3O5.C31H33F5N4O5/c1-16-11-22(32(36,37)38)27(31(47)43(16)3)21-7-6-18(20-5-4-9-49-29(20)21)12-25(17(2)45)42-30(46)28-23(34)13-19(14-24(28)35)44-8-10-48-15-26(44)33(39,40)41;1-15-8-22(31(35,36)37)27(30(46)42(15)3)19-5-4-17(20-12-48-13-21(19)20)9-25(16(2)44)41-29(45)28-23(33)10-18(11-24(28)34)43-6-7-47-14-26(43)32(38,39)40;1-6-24(31(34,35)36)37-18-13-21(32)26(22(33)14-18)28(42)38-23(16(3)41)12-17-9-10-20(27-19(17)8-7-11-45-27)25-15(2)39(4)30(44)40(5)29(25)43/h6-7,11,13-14,25-26H,4-5,8-10,12,15H2,1-3H3,(H,42,46);4-5,8,10-11,25-26H,6-7,9,12-14H2,1-3H3,(H,41,45);9-10,13-14,23-24,37H,6-8,11-12H2,1-5H3,(H,38,42)/t2*25-,26+;23-,24+/m000/s1. The van der Waals surface area contributed by atoms with Crippen molar-refractivity contribution in [1.82, 2.24) is 34.2 Å². The molecule has 142 heavy (non-hydrogen) atoms. The number of fused-ring (bicyclic) bond motifs is 3. The third kappa shape index (κ3) is 22.9. The lowest BCUT2D eigenvalue weighted by atomic mass is 9.88. The lowest BCUT2D eigenvalue weighted by Gasteiger charge is -2.38. The molecule has 0 bridgehead atoms. The highest BCUT2D eigenvalue weighted by atomic mass is 19.4. The number of alkyl halides is 15. The van der Waals surface area contributed by atoms with E-state index in [1.165, 1.54) is 77.7 Å². The Morgan fingerprint density at radius 2 is 0.768 bits per heavy atom. The zero-order valence-corrected chi connectivity index (χ0v) is 77.5. The number of carbonyl (C=O) groups is 6. The molecule has 8 heterocycles. The molecule has 46 heteroatoms. The number of morpholine rings is 2. The largest absolute Gasteiger partial charge is 0.493 e. The van der Waals surface area contributed by atoms with Gasteiger partial charge in [-0.1, -0.05) is 43.3 Å². The van der Waals surface area contributed by atoms with Crippen LogP contribution in [0.3, 0.4) is 0 Å². The number of ether oxygens (including phenoxy) is 5. The van der Waals surface area contributed by atoms with Crippen molar-refractivity contribution < 1.29 is 145 Å². The van der Waals surface area contributed by atoms with Crippen LogP contribution in [0.15, 0.2) is 104 Å². The summed E-state index contributed by atoms with van der Waals surface area (Å²) >= 11 is 0. The minimum absolute atomic E-state index is 0.0109. The highest BCUT2D eigenvalue weighted by molar-refractivity contribution is 6.00. The Morgan fingerprint density at radius 3 is 1.13 bits per heavy atom. The summed E-state index contributed by atoms with van der Waals surface area (Å²) < 4.78 is 327. The van der Waals surface area contributed by atoms with E-state index in [0.717, 1.165) is 49.5 Å². The Hall–Kier alpha value is -13.3. The first-order valence-electron chi connectivity index (χ1n) is 44.0. The van der Waals surface area contributed by atoms with Gasteiger partial charge in [0.1, 0.15) is 81.2 Å². The number of pyridine rings is 2. The van der Waals surface area contributed by atoms with E-state index in [2.05, 4.69) is 16.0 Å². The maximum absolute atomic E-state index is 15.2. The first-order valence-corrected chi connectivity index (χ1v) is 44.0. The number of amides is 3. The van der Waals surface area contributed by atoms with E-state index in [9.17, 15) is 123 Å². The zero-order valence-electron chi connectivity index (χ0n) is 77.5. The van der Waals surface area contributed by atoms with Crippen LogP contribution in [-0.2, 0) is 114 Å². The number of benzene rings is 6. The van der Waals surface area contributed by atoms with Gasteiger partial charge in [0.05, 0.1) is 98.8 Å². The number of ketones is 3. The van der Waals surface area contributed by atoms with Crippen LogP contribution in [0.5, 0.6) is 11.5 Å². The molecule has 9 aromatic rings. The van der Waals surface area contributed by atoms with E-state index < -0.39 is 235 Å². The molecule has 2 saturated heterocycles. The number of halogens is 21. The van der Waals surface area contributed by atoms with Crippen LogP contribution in [0, 0.1) is 55.7 Å². The van der Waals surface area contributed by atoms with Crippen molar-refractivity contribution in [3.63, 3.8) is 0 Å². The minimum atomic E-state index is -4.87. The van der Waals surface area contributed by atoms with Crippen LogP contribution >= 0.6 is 0 Å². The molecule has 0 unspecified atom stereocenters. The molecule has 0 saturated carbocycles. The summed E-state index contributed by atoms with van der Waals surface area (Å²) in [5, 5.41) is 8.91. The van der Waals surface area contributed by atoms with E-state index >= 15 is 17.6 Å². The van der Waals surface area contributed by atoms with Gasteiger partial charge in [0, 0.05) is 106 Å². The fraction of sp³-hybridized carbons (Fsp3) is 0.417. The maximum Gasteiger partial charge on any atom is 0.417 e. The summed E-state index contributed by atoms with van der Waals surface area (Å²) in [6.07, 6.45) is -23.1. The van der Waals surface area contributed by atoms with E-state index in [4.69, 9.17) is 23.7 Å². The third-order valence-electron chi connectivity index (χ3n) is 25.3. The topological polar surface area (TPSA) is 291 Å². The highest BCUT2D eigenvalue weighted by Crippen LogP contribution is 2.47. The van der Waals surface area contributed by atoms with Gasteiger partial charge < -0.3 is 68.5 Å². The van der Waals surface area contributed by atoms with E-state index in [1.807, 2.05) is 5.32 Å². The molecule has 25 nitrogen and oxygen atoms in total. The van der Waals surface area contributed by atoms with Crippen LogP contribution in [0.1, 0.15) is 145 Å². The van der Waals surface area contributed by atoms with Gasteiger partial charge >= 0.3 is 36.6 Å². The van der Waals surface area contributed by atoms with Gasteiger partial charge in [0.2, 0.25) is 0 Å². The van der Waals surface area contributed by atoms with Crippen LogP contribution in [0.2, 0.25) is 0 Å². The molecular weight excluding hydrogens is 1930 g/mol. The Balaban J connectivity index is 0.000000190. The molecule has 0 spiro atoms. The zero-order chi connectivity index (χ0) is 105. The van der Waals surface area contributed by atoms with E-state index in [1.54, 1.807) is 26.1 Å². The summed E-state index contributed by atoms with van der Waals surface area (Å²) in [6, 6.07) is 3.56. The molecular formula is C96H93F21N10O15. The molecule has 6 atom stereocenters. The number of nitrogens with one attached hydrogen (secondary N) is 4. The van der Waals surface area contributed by atoms with Crippen molar-refractivity contribution in [2.75, 3.05) is 67.8 Å². The molecule has 5 aliphatic rings. The number of hydrogen-bond acceptors (Lipinski definition) is 18. The summed E-state index contributed by atoms with van der Waals surface area (Å²) in [6.45, 7) is 6.90. The average molecular weight is 2030 g/mol. The summed E-state index contributed by atoms with van der Waals surface area (Å²) in [7, 11) is 5.59. The molecule has 0 aliphatic carbocycles. The van der Waals surface area contributed by atoms with Gasteiger partial charge in [-0.3, -0.25) is 47.7 Å². The van der Waals surface area contributed by atoms with Crippen LogP contribution in [-0.4, -0.2) is 161 Å². The van der Waals surface area contributed by atoms with Crippen molar-refractivity contribution >= 4 is 52.1 Å². The monoisotopic (exact) mass is 2020 g/mol. The first kappa shape index (κ1) is 108. The Labute approximate surface area is 794 Å². The highest BCUT2D eigenvalue weighted by Gasteiger charge is 2.49. The van der Waals surface area contributed by atoms with Crippen LogP contribution in [0.4, 0.5) is 109 Å². The van der Waals surface area contributed by atoms with Crippen molar-refractivity contribution in [3.05, 3.63) is 245 Å². The fourth-order valence-electron chi connectivity index (χ4n) is 17.5. The Bertz CT molecular complexity index is 6650. The van der Waals surface area contributed by atoms with Gasteiger partial charge in [-0.25, -0.2) is 31.1 Å². The summed E-state index contributed by atoms with van der Waals surface area (Å²) in [5.41, 5.74) is -6.67. The van der Waals surface area contributed by atoms with Crippen molar-refractivity contribution in [2.45, 2.75) is 180 Å². The van der Waals surface area contributed by atoms with Gasteiger partial charge in [-0.2, -0.15) is 65.9 Å². The lowest BCUT2D eigenvalue weighted by Crippen LogP contribution is -2.53. The number of nitrogens with zero attached hydrogens (tertiary/aromatic N) is 6. The normalized spacial score (nSPS) is 16.3. The first-order chi connectivity index (χ1) is 66.3. The average Bonchev–Trinajstić information content (AvgIpc) is 1.08. The van der Waals surface area contributed by atoms with Crippen molar-refractivity contribution in [2.24, 2.45) is 28.2 Å². The quantitative estimate of drug-likeness (QED) is 0.0433. The summed E-state index contributed by atoms with van der Waals surface area (Å²) in [4.78, 5) is 130. The molecule has 0 radical (unpaired) electrons. The third-order valence-corrected chi connectivity index (χ3v) is 25.3. The Kier molecular flexibility index (Phi) is 32.2. The molecule has 3 amide bonds. The SMILES string of the molecule is CC(=O)[C@H](Cc1ccc(-c2c(C(F)(F)F)cc(C)n(C)c2=O)c2c1CCCO2)NC(=O)c1c(F)cc(N2CCOC[C@@H]2C(F)(F)F)cc1F.CC(=O)[C@H](Cc1ccc(-c2c(C(F)(F)F)cc(C)n(C)c2=O)c2c1COC2)NC(=O)c1c(F)cc(N2CCOC[C@@H]2C(F)(F)F)cc1F.CC[C@@H](Nc1cc(F)c(C(=O)N[C@@H](Cc2ccc(-c3c(C)n(C)c(=O)n(C)c3=O)c3c2CCCO3)C(C)=O)c(F)c1)C(F)(F)F. The predicted molar refractivity (Wildman–Crippen MR) is 473 cm³/mol. The predicted octanol–water partition coefficient (Wildman–Crippen LogP) is 15.4. The lowest BCUT2D eigenvalue weighted by molar-refractivity contribution is -0.167. The number of anilines is 3. The van der Waals surface area contributed by atoms with Crippen molar-refractivity contribution in [3.8, 4) is 44.9 Å². The number of aromatic nitrogens is 4. The molecule has 4 N–H and O–H groups in total. The number of rotatable bonds is 23. The number of carbonyl (C=O) groups excluding carboxylic acids is 6. The molecule has 5 aliphatic heterocycles. The second-order valence-corrected chi connectivity index (χ2v) is 34.5. The smallest absolute Gasteiger partial charge is 0.417 e. The molecule has 764 valence electrons. The second-order valence-electron chi connectivity index (χ2n) is 34.5. The van der Waals surface area contributed by atoms with Crippen LogP contribution in [0.25, 0.3) is 33.4 Å². The van der Waals surface area contributed by atoms with Gasteiger partial charge in [-0.15, -0.1) is 0 Å². The van der Waals surface area contributed by atoms with Gasteiger partial charge in [-0.05, 0) is 167 Å². The van der Waals surface area contributed by atoms with E-state index in [-0.39, 0.29) is 111 Å². The molecule has 14 rings (SSSR count). The number of aryl methyl sites for hydroxylation is 2. The van der Waals surface area contributed by atoms with Gasteiger partial charge in [0.15, 0.2) is 17.3 Å². The summed E-state index contributed by atoms with van der Waals surface area (Å²) in [5.74, 6) is -14.0. The number of hydrogen-bond donors (Lipinski definition) is 4. The van der Waals surface area contributed by atoms with E-state index in [0.29, 0.717) is 113 Å².